The van der Waals surface area contributed by atoms with Crippen molar-refractivity contribution in [2.24, 2.45) is 0 Å². The Morgan fingerprint density at radius 2 is 2.45 bits per heavy atom. The van der Waals surface area contributed by atoms with E-state index in [0.29, 0.717) is 12.4 Å². The van der Waals surface area contributed by atoms with E-state index in [0.717, 1.165) is 50.2 Å². The van der Waals surface area contributed by atoms with Gasteiger partial charge in [0.25, 0.3) is 5.91 Å². The summed E-state index contributed by atoms with van der Waals surface area (Å²) in [5.41, 5.74) is 2.14. The zero-order valence-corrected chi connectivity index (χ0v) is 13.0. The summed E-state index contributed by atoms with van der Waals surface area (Å²) in [6.45, 7) is 4.68. The molecule has 1 amide bonds. The molecule has 3 N–H and O–H groups in total. The standard InChI is InChI=1S/C15H24N4O3/c1-10(22-9-11-4-2-3-7-21-11)15(20)17-14-12-8-16-6-5-13(12)18-19-14/h10-11,16H,2-9H2,1H3,(H2,17,18,19,20). The molecule has 1 aromatic heterocycles. The van der Waals surface area contributed by atoms with Crippen LogP contribution in [-0.2, 0) is 27.2 Å². The number of carbonyl (C=O) groups is 1. The fourth-order valence-electron chi connectivity index (χ4n) is 2.81. The molecule has 2 aliphatic rings. The fourth-order valence-corrected chi connectivity index (χ4v) is 2.81. The van der Waals surface area contributed by atoms with Gasteiger partial charge >= 0.3 is 0 Å². The minimum absolute atomic E-state index is 0.117. The highest BCUT2D eigenvalue weighted by atomic mass is 16.5. The van der Waals surface area contributed by atoms with Gasteiger partial charge < -0.3 is 20.1 Å². The molecule has 0 aliphatic carbocycles. The van der Waals surface area contributed by atoms with Crippen LogP contribution in [0.2, 0.25) is 0 Å². The van der Waals surface area contributed by atoms with Gasteiger partial charge in [-0.25, -0.2) is 0 Å². The van der Waals surface area contributed by atoms with E-state index in [1.807, 2.05) is 0 Å². The molecule has 7 nitrogen and oxygen atoms in total. The van der Waals surface area contributed by atoms with Crippen molar-refractivity contribution in [1.82, 2.24) is 15.5 Å². The largest absolute Gasteiger partial charge is 0.376 e. The average molecular weight is 308 g/mol. The van der Waals surface area contributed by atoms with E-state index < -0.39 is 6.10 Å². The molecule has 2 aliphatic heterocycles. The monoisotopic (exact) mass is 308 g/mol. The molecule has 3 rings (SSSR count). The van der Waals surface area contributed by atoms with Crippen LogP contribution in [0, 0.1) is 0 Å². The Kier molecular flexibility index (Phi) is 5.07. The van der Waals surface area contributed by atoms with Gasteiger partial charge in [-0.1, -0.05) is 0 Å². The molecule has 7 heteroatoms. The SMILES string of the molecule is CC(OCC1CCCCO1)C(=O)Nc1n[nH]c2c1CNCC2. The van der Waals surface area contributed by atoms with Crippen LogP contribution < -0.4 is 10.6 Å². The van der Waals surface area contributed by atoms with Gasteiger partial charge in [-0.3, -0.25) is 9.89 Å². The van der Waals surface area contributed by atoms with Gasteiger partial charge in [-0.15, -0.1) is 0 Å². The zero-order valence-electron chi connectivity index (χ0n) is 13.0. The molecular formula is C15H24N4O3. The Bertz CT molecular complexity index is 511. The molecule has 122 valence electrons. The molecule has 3 heterocycles. The maximum atomic E-state index is 12.2. The average Bonchev–Trinajstić information content (AvgIpc) is 2.97. The van der Waals surface area contributed by atoms with Crippen molar-refractivity contribution in [3.8, 4) is 0 Å². The second-order valence-corrected chi connectivity index (χ2v) is 5.91. The first-order chi connectivity index (χ1) is 10.7. The number of carbonyl (C=O) groups excluding carboxylic acids is 1. The van der Waals surface area contributed by atoms with Crippen LogP contribution >= 0.6 is 0 Å². The van der Waals surface area contributed by atoms with Crippen LogP contribution in [0.25, 0.3) is 0 Å². The number of nitrogens with zero attached hydrogens (tertiary/aromatic N) is 1. The van der Waals surface area contributed by atoms with E-state index in [4.69, 9.17) is 9.47 Å². The van der Waals surface area contributed by atoms with Crippen molar-refractivity contribution >= 4 is 11.7 Å². The number of aromatic amines is 1. The van der Waals surface area contributed by atoms with Crippen LogP contribution in [0.15, 0.2) is 0 Å². The molecule has 0 spiro atoms. The molecule has 1 fully saturated rings. The summed E-state index contributed by atoms with van der Waals surface area (Å²) in [5, 5.41) is 13.3. The van der Waals surface area contributed by atoms with E-state index >= 15 is 0 Å². The Balaban J connectivity index is 1.49. The van der Waals surface area contributed by atoms with Gasteiger partial charge in [0.15, 0.2) is 5.82 Å². The van der Waals surface area contributed by atoms with E-state index in [9.17, 15) is 4.79 Å². The van der Waals surface area contributed by atoms with Crippen molar-refractivity contribution in [2.45, 2.75) is 51.4 Å². The van der Waals surface area contributed by atoms with Crippen molar-refractivity contribution in [2.75, 3.05) is 25.1 Å². The second kappa shape index (κ2) is 7.21. The summed E-state index contributed by atoms with van der Waals surface area (Å²) in [7, 11) is 0. The minimum Gasteiger partial charge on any atom is -0.376 e. The second-order valence-electron chi connectivity index (χ2n) is 5.91. The summed E-state index contributed by atoms with van der Waals surface area (Å²) in [4.78, 5) is 12.2. The van der Waals surface area contributed by atoms with E-state index in [2.05, 4.69) is 20.8 Å². The Morgan fingerprint density at radius 3 is 3.27 bits per heavy atom. The number of hydrogen-bond donors (Lipinski definition) is 3. The van der Waals surface area contributed by atoms with Gasteiger partial charge in [-0.05, 0) is 26.2 Å². The third kappa shape index (κ3) is 3.66. The lowest BCUT2D eigenvalue weighted by atomic mass is 10.1. The predicted octanol–water partition coefficient (Wildman–Crippen LogP) is 0.968. The number of aromatic nitrogens is 2. The van der Waals surface area contributed by atoms with Crippen LogP contribution in [0.4, 0.5) is 5.82 Å². The maximum absolute atomic E-state index is 12.2. The van der Waals surface area contributed by atoms with E-state index in [1.54, 1.807) is 6.92 Å². The van der Waals surface area contributed by atoms with Crippen LogP contribution in [-0.4, -0.2) is 48.1 Å². The molecule has 0 aromatic carbocycles. The van der Waals surface area contributed by atoms with E-state index in [1.165, 1.54) is 6.42 Å². The molecule has 1 aromatic rings. The van der Waals surface area contributed by atoms with Gasteiger partial charge in [0, 0.05) is 37.4 Å². The normalized spacial score (nSPS) is 22.9. The number of fused-ring (bicyclic) bond motifs is 1. The molecule has 0 radical (unpaired) electrons. The lowest BCUT2D eigenvalue weighted by Crippen LogP contribution is -2.33. The molecule has 22 heavy (non-hydrogen) atoms. The smallest absolute Gasteiger partial charge is 0.254 e. The summed E-state index contributed by atoms with van der Waals surface area (Å²) in [6, 6.07) is 0. The van der Waals surface area contributed by atoms with E-state index in [-0.39, 0.29) is 12.0 Å². The number of rotatable bonds is 5. The van der Waals surface area contributed by atoms with Gasteiger partial charge in [-0.2, -0.15) is 5.10 Å². The highest BCUT2D eigenvalue weighted by Crippen LogP contribution is 2.20. The topological polar surface area (TPSA) is 88.3 Å². The van der Waals surface area contributed by atoms with Gasteiger partial charge in [0.2, 0.25) is 0 Å². The van der Waals surface area contributed by atoms with Crippen molar-refractivity contribution < 1.29 is 14.3 Å². The first-order valence-electron chi connectivity index (χ1n) is 8.05. The Labute approximate surface area is 130 Å². The number of amides is 1. The predicted molar refractivity (Wildman–Crippen MR) is 81.6 cm³/mol. The number of hydrogen-bond acceptors (Lipinski definition) is 5. The number of ether oxygens (including phenoxy) is 2. The Hall–Kier alpha value is -1.44. The lowest BCUT2D eigenvalue weighted by Gasteiger charge is -2.23. The molecule has 2 atom stereocenters. The lowest BCUT2D eigenvalue weighted by molar-refractivity contribution is -0.130. The maximum Gasteiger partial charge on any atom is 0.254 e. The first-order valence-corrected chi connectivity index (χ1v) is 8.05. The van der Waals surface area contributed by atoms with Crippen LogP contribution in [0.5, 0.6) is 0 Å². The summed E-state index contributed by atoms with van der Waals surface area (Å²) in [5.74, 6) is 0.437. The van der Waals surface area contributed by atoms with Gasteiger partial charge in [0.1, 0.15) is 6.10 Å². The zero-order chi connectivity index (χ0) is 15.4. The minimum atomic E-state index is -0.519. The van der Waals surface area contributed by atoms with Crippen molar-refractivity contribution in [1.29, 1.82) is 0 Å². The fraction of sp³-hybridized carbons (Fsp3) is 0.733. The summed E-state index contributed by atoms with van der Waals surface area (Å²) in [6.07, 6.45) is 3.79. The number of H-pyrrole nitrogens is 1. The van der Waals surface area contributed by atoms with Gasteiger partial charge in [0.05, 0.1) is 12.7 Å². The first kappa shape index (κ1) is 15.5. The molecule has 2 unspecified atom stereocenters. The molecule has 1 saturated heterocycles. The molecular weight excluding hydrogens is 284 g/mol. The molecule has 0 saturated carbocycles. The Morgan fingerprint density at radius 1 is 1.55 bits per heavy atom. The highest BCUT2D eigenvalue weighted by Gasteiger charge is 2.22. The van der Waals surface area contributed by atoms with Crippen molar-refractivity contribution in [3.63, 3.8) is 0 Å². The van der Waals surface area contributed by atoms with Crippen LogP contribution in [0.1, 0.15) is 37.4 Å². The number of nitrogens with one attached hydrogen (secondary N) is 3. The summed E-state index contributed by atoms with van der Waals surface area (Å²) < 4.78 is 11.3. The van der Waals surface area contributed by atoms with Crippen LogP contribution in [0.3, 0.4) is 0 Å². The third-order valence-corrected chi connectivity index (χ3v) is 4.22. The highest BCUT2D eigenvalue weighted by molar-refractivity contribution is 5.93. The summed E-state index contributed by atoms with van der Waals surface area (Å²) >= 11 is 0. The number of anilines is 1. The quantitative estimate of drug-likeness (QED) is 0.754. The van der Waals surface area contributed by atoms with Crippen molar-refractivity contribution in [3.05, 3.63) is 11.3 Å². The molecule has 0 bridgehead atoms. The third-order valence-electron chi connectivity index (χ3n) is 4.22.